The summed E-state index contributed by atoms with van der Waals surface area (Å²) in [5, 5.41) is 5.42. The highest BCUT2D eigenvalue weighted by Crippen LogP contribution is 2.15. The summed E-state index contributed by atoms with van der Waals surface area (Å²) in [6.45, 7) is 6.56. The fraction of sp³-hybridized carbons (Fsp3) is 0.474. The van der Waals surface area contributed by atoms with E-state index in [1.807, 2.05) is 20.8 Å². The quantitative estimate of drug-likeness (QED) is 0.863. The van der Waals surface area contributed by atoms with Gasteiger partial charge in [-0.15, -0.1) is 0 Å². The molecule has 26 heavy (non-hydrogen) atoms. The molecule has 1 aliphatic rings. The van der Waals surface area contributed by atoms with E-state index in [4.69, 9.17) is 4.74 Å². The Labute approximate surface area is 153 Å². The number of carbonyl (C=O) groups excluding carboxylic acids is 2. The number of nitrogens with zero attached hydrogens (tertiary/aromatic N) is 1. The van der Waals surface area contributed by atoms with E-state index in [0.29, 0.717) is 31.5 Å². The molecule has 142 valence electrons. The first-order valence-corrected chi connectivity index (χ1v) is 8.70. The van der Waals surface area contributed by atoms with Crippen molar-refractivity contribution in [3.05, 3.63) is 41.8 Å². The molecular formula is C19H26FN3O3. The molecule has 1 fully saturated rings. The second-order valence-corrected chi connectivity index (χ2v) is 7.21. The number of hydrogen-bond acceptors (Lipinski definition) is 3. The predicted octanol–water partition coefficient (Wildman–Crippen LogP) is 3.50. The van der Waals surface area contributed by atoms with Crippen molar-refractivity contribution in [2.45, 2.75) is 45.3 Å². The Kier molecular flexibility index (Phi) is 6.60. The van der Waals surface area contributed by atoms with Gasteiger partial charge < -0.3 is 20.3 Å². The summed E-state index contributed by atoms with van der Waals surface area (Å²) < 4.78 is 18.8. The van der Waals surface area contributed by atoms with Gasteiger partial charge in [0, 0.05) is 30.9 Å². The fourth-order valence-corrected chi connectivity index (χ4v) is 2.58. The van der Waals surface area contributed by atoms with Gasteiger partial charge in [0.1, 0.15) is 11.4 Å². The van der Waals surface area contributed by atoms with Crippen LogP contribution >= 0.6 is 0 Å². The molecule has 0 unspecified atom stereocenters. The Bertz CT molecular complexity index is 662. The van der Waals surface area contributed by atoms with Crippen molar-refractivity contribution in [1.82, 2.24) is 15.5 Å². The number of nitrogens with one attached hydrogen (secondary N) is 2. The number of rotatable bonds is 3. The average Bonchev–Trinajstić information content (AvgIpc) is 2.55. The van der Waals surface area contributed by atoms with Crippen molar-refractivity contribution in [3.8, 4) is 0 Å². The van der Waals surface area contributed by atoms with E-state index in [-0.39, 0.29) is 24.0 Å². The van der Waals surface area contributed by atoms with E-state index in [1.165, 1.54) is 18.3 Å². The number of ether oxygens (including phenoxy) is 1. The van der Waals surface area contributed by atoms with E-state index in [0.717, 1.165) is 0 Å². The molecule has 2 rings (SSSR count). The van der Waals surface area contributed by atoms with E-state index in [9.17, 15) is 14.0 Å². The first-order valence-electron chi connectivity index (χ1n) is 8.70. The lowest BCUT2D eigenvalue weighted by molar-refractivity contribution is 0.0201. The first kappa shape index (κ1) is 19.8. The zero-order chi connectivity index (χ0) is 19.2. The third-order valence-electron chi connectivity index (χ3n) is 3.86. The molecule has 2 N–H and O–H groups in total. The van der Waals surface area contributed by atoms with Gasteiger partial charge in [-0.05, 0) is 45.8 Å². The van der Waals surface area contributed by atoms with Crippen LogP contribution in [0.15, 0.2) is 30.5 Å². The van der Waals surface area contributed by atoms with Crippen LogP contribution in [0.3, 0.4) is 0 Å². The van der Waals surface area contributed by atoms with Crippen molar-refractivity contribution in [2.75, 3.05) is 13.1 Å². The van der Waals surface area contributed by atoms with Crippen molar-refractivity contribution in [1.29, 1.82) is 0 Å². The minimum atomic E-state index is -0.517. The molecule has 0 bridgehead atoms. The number of piperidine rings is 1. The van der Waals surface area contributed by atoms with Gasteiger partial charge in [-0.2, -0.15) is 0 Å². The van der Waals surface area contributed by atoms with Gasteiger partial charge in [0.25, 0.3) is 0 Å². The predicted molar refractivity (Wildman–Crippen MR) is 97.9 cm³/mol. The number of urea groups is 1. The van der Waals surface area contributed by atoms with Crippen LogP contribution < -0.4 is 10.6 Å². The molecular weight excluding hydrogens is 337 g/mol. The monoisotopic (exact) mass is 363 g/mol. The van der Waals surface area contributed by atoms with E-state index >= 15 is 0 Å². The van der Waals surface area contributed by atoms with Crippen LogP contribution in [-0.2, 0) is 4.74 Å². The third kappa shape index (κ3) is 6.38. The normalized spacial score (nSPS) is 15.8. The van der Waals surface area contributed by atoms with Crippen molar-refractivity contribution >= 4 is 18.2 Å². The van der Waals surface area contributed by atoms with E-state index < -0.39 is 5.60 Å². The summed E-state index contributed by atoms with van der Waals surface area (Å²) in [7, 11) is 0. The maximum absolute atomic E-state index is 13.5. The van der Waals surface area contributed by atoms with Crippen molar-refractivity contribution in [2.24, 2.45) is 0 Å². The molecule has 1 aromatic rings. The lowest BCUT2D eigenvalue weighted by Gasteiger charge is -2.33. The molecule has 0 aliphatic carbocycles. The number of carbonyl (C=O) groups is 2. The van der Waals surface area contributed by atoms with Gasteiger partial charge in [0.05, 0.1) is 0 Å². The zero-order valence-electron chi connectivity index (χ0n) is 15.4. The maximum atomic E-state index is 13.5. The first-order chi connectivity index (χ1) is 12.2. The molecule has 7 heteroatoms. The number of benzene rings is 1. The molecule has 6 nitrogen and oxygen atoms in total. The van der Waals surface area contributed by atoms with Crippen molar-refractivity contribution in [3.63, 3.8) is 0 Å². The highest BCUT2D eigenvalue weighted by Gasteiger charge is 2.27. The van der Waals surface area contributed by atoms with Crippen LogP contribution in [-0.4, -0.2) is 41.8 Å². The summed E-state index contributed by atoms with van der Waals surface area (Å²) >= 11 is 0. The van der Waals surface area contributed by atoms with Gasteiger partial charge in [-0.25, -0.2) is 14.0 Å². The van der Waals surface area contributed by atoms with E-state index in [1.54, 1.807) is 23.1 Å². The smallest absolute Gasteiger partial charge is 0.410 e. The van der Waals surface area contributed by atoms with Crippen LogP contribution in [0, 0.1) is 5.82 Å². The van der Waals surface area contributed by atoms with Gasteiger partial charge in [-0.1, -0.05) is 18.2 Å². The lowest BCUT2D eigenvalue weighted by atomic mass is 10.1. The lowest BCUT2D eigenvalue weighted by Crippen LogP contribution is -2.49. The maximum Gasteiger partial charge on any atom is 0.410 e. The summed E-state index contributed by atoms with van der Waals surface area (Å²) in [4.78, 5) is 25.6. The topological polar surface area (TPSA) is 70.7 Å². The van der Waals surface area contributed by atoms with Crippen molar-refractivity contribution < 1.29 is 18.7 Å². The van der Waals surface area contributed by atoms with Gasteiger partial charge >= 0.3 is 12.1 Å². The second kappa shape index (κ2) is 8.69. The second-order valence-electron chi connectivity index (χ2n) is 7.21. The Balaban J connectivity index is 1.73. The molecule has 0 aromatic heterocycles. The molecule has 1 saturated heterocycles. The average molecular weight is 363 g/mol. The molecule has 0 saturated carbocycles. The number of hydrogen-bond donors (Lipinski definition) is 2. The van der Waals surface area contributed by atoms with Crippen LogP contribution in [0.1, 0.15) is 39.2 Å². The fourth-order valence-electron chi connectivity index (χ4n) is 2.58. The van der Waals surface area contributed by atoms with Crippen LogP contribution in [0.5, 0.6) is 0 Å². The van der Waals surface area contributed by atoms with Crippen LogP contribution in [0.2, 0.25) is 0 Å². The van der Waals surface area contributed by atoms with Gasteiger partial charge in [0.15, 0.2) is 0 Å². The minimum absolute atomic E-state index is 0.0180. The summed E-state index contributed by atoms with van der Waals surface area (Å²) in [6, 6.07) is 5.94. The highest BCUT2D eigenvalue weighted by atomic mass is 19.1. The summed E-state index contributed by atoms with van der Waals surface area (Å²) in [6.07, 6.45) is 3.89. The SMILES string of the molecule is CC(C)(C)OC(=O)N1CCC(NC(=O)N/C=C/c2ccccc2F)CC1. The third-order valence-corrected chi connectivity index (χ3v) is 3.86. The number of amides is 3. The van der Waals surface area contributed by atoms with Crippen LogP contribution in [0.4, 0.5) is 14.0 Å². The molecule has 1 heterocycles. The zero-order valence-corrected chi connectivity index (χ0v) is 15.4. The molecule has 0 radical (unpaired) electrons. The van der Waals surface area contributed by atoms with Gasteiger partial charge in [-0.3, -0.25) is 0 Å². The Hall–Kier alpha value is -2.57. The Morgan fingerprint density at radius 3 is 2.50 bits per heavy atom. The minimum Gasteiger partial charge on any atom is -0.444 e. The summed E-state index contributed by atoms with van der Waals surface area (Å²) in [5.41, 5.74) is -0.116. The van der Waals surface area contributed by atoms with Gasteiger partial charge in [0.2, 0.25) is 0 Å². The largest absolute Gasteiger partial charge is 0.444 e. The Morgan fingerprint density at radius 2 is 1.88 bits per heavy atom. The molecule has 3 amide bonds. The van der Waals surface area contributed by atoms with E-state index in [2.05, 4.69) is 10.6 Å². The highest BCUT2D eigenvalue weighted by molar-refractivity contribution is 5.76. The molecule has 0 atom stereocenters. The molecule has 1 aliphatic heterocycles. The molecule has 1 aromatic carbocycles. The Morgan fingerprint density at radius 1 is 1.23 bits per heavy atom. The summed E-state index contributed by atoms with van der Waals surface area (Å²) in [5.74, 6) is -0.347. The standard InChI is InChI=1S/C19H26FN3O3/c1-19(2,3)26-18(25)23-12-9-15(10-13-23)22-17(24)21-11-8-14-6-4-5-7-16(14)20/h4-8,11,15H,9-10,12-13H2,1-3H3,(H2,21,22,24)/b11-8+. The molecule has 0 spiro atoms. The number of halogens is 1. The number of likely N-dealkylation sites (tertiary alicyclic amines) is 1. The van der Waals surface area contributed by atoms with Crippen LogP contribution in [0.25, 0.3) is 6.08 Å².